The van der Waals surface area contributed by atoms with E-state index in [0.717, 1.165) is 19.5 Å². The summed E-state index contributed by atoms with van der Waals surface area (Å²) >= 11 is 0. The molecule has 1 aliphatic rings. The molecule has 0 bridgehead atoms. The molecule has 0 radical (unpaired) electrons. The van der Waals surface area contributed by atoms with Crippen LogP contribution in [0, 0.1) is 5.92 Å². The van der Waals surface area contributed by atoms with Gasteiger partial charge in [-0.1, -0.05) is 13.8 Å². The highest BCUT2D eigenvalue weighted by atomic mass is 32.2. The van der Waals surface area contributed by atoms with Crippen molar-refractivity contribution in [2.75, 3.05) is 18.8 Å². The number of nitrogens with zero attached hydrogens (tertiary/aromatic N) is 1. The van der Waals surface area contributed by atoms with E-state index in [2.05, 4.69) is 6.92 Å². The van der Waals surface area contributed by atoms with Gasteiger partial charge in [0.1, 0.15) is 0 Å². The molecule has 1 aliphatic heterocycles. The van der Waals surface area contributed by atoms with Crippen molar-refractivity contribution in [3.8, 4) is 0 Å². The van der Waals surface area contributed by atoms with Gasteiger partial charge in [-0.25, -0.2) is 12.7 Å². The van der Waals surface area contributed by atoms with Crippen molar-refractivity contribution in [1.82, 2.24) is 4.31 Å². The lowest BCUT2D eigenvalue weighted by Gasteiger charge is -2.14. The van der Waals surface area contributed by atoms with E-state index < -0.39 is 10.0 Å². The average molecular weight is 191 g/mol. The second-order valence-corrected chi connectivity index (χ2v) is 5.66. The zero-order valence-corrected chi connectivity index (χ0v) is 8.60. The molecule has 0 aliphatic carbocycles. The maximum atomic E-state index is 11.5. The zero-order chi connectivity index (χ0) is 9.19. The minimum Gasteiger partial charge on any atom is -0.212 e. The van der Waals surface area contributed by atoms with Crippen LogP contribution in [0.25, 0.3) is 0 Å². The Morgan fingerprint density at radius 2 is 2.17 bits per heavy atom. The van der Waals surface area contributed by atoms with Gasteiger partial charge in [0.2, 0.25) is 10.0 Å². The molecule has 1 saturated heterocycles. The summed E-state index contributed by atoms with van der Waals surface area (Å²) in [6, 6.07) is 0. The molecular formula is C8H17NO2S. The molecule has 0 saturated carbocycles. The molecule has 0 aromatic carbocycles. The third kappa shape index (κ3) is 2.20. The molecular weight excluding hydrogens is 174 g/mol. The van der Waals surface area contributed by atoms with Crippen LogP contribution < -0.4 is 0 Å². The first kappa shape index (κ1) is 9.99. The molecule has 4 heteroatoms. The van der Waals surface area contributed by atoms with Gasteiger partial charge in [0.25, 0.3) is 0 Å². The van der Waals surface area contributed by atoms with Crippen molar-refractivity contribution in [2.24, 2.45) is 5.92 Å². The van der Waals surface area contributed by atoms with E-state index in [4.69, 9.17) is 0 Å². The van der Waals surface area contributed by atoms with Gasteiger partial charge in [0, 0.05) is 13.1 Å². The van der Waals surface area contributed by atoms with Crippen LogP contribution in [0.4, 0.5) is 0 Å². The molecule has 0 amide bonds. The summed E-state index contributed by atoms with van der Waals surface area (Å²) in [6.45, 7) is 5.45. The summed E-state index contributed by atoms with van der Waals surface area (Å²) < 4.78 is 24.6. The molecule has 1 unspecified atom stereocenters. The van der Waals surface area contributed by atoms with Crippen LogP contribution in [0.2, 0.25) is 0 Å². The van der Waals surface area contributed by atoms with Crippen molar-refractivity contribution in [3.05, 3.63) is 0 Å². The van der Waals surface area contributed by atoms with Crippen molar-refractivity contribution in [2.45, 2.75) is 26.7 Å². The molecule has 72 valence electrons. The van der Waals surface area contributed by atoms with Crippen molar-refractivity contribution < 1.29 is 8.42 Å². The predicted octanol–water partition coefficient (Wildman–Crippen LogP) is 1.07. The van der Waals surface area contributed by atoms with Gasteiger partial charge in [0.15, 0.2) is 0 Å². The fourth-order valence-electron chi connectivity index (χ4n) is 1.53. The third-order valence-corrected chi connectivity index (χ3v) is 4.28. The Balaban J connectivity index is 2.58. The lowest BCUT2D eigenvalue weighted by atomic mass is 10.2. The summed E-state index contributed by atoms with van der Waals surface area (Å²) in [5, 5.41) is 0. The van der Waals surface area contributed by atoms with Crippen molar-refractivity contribution >= 4 is 10.0 Å². The summed E-state index contributed by atoms with van der Waals surface area (Å²) in [4.78, 5) is 0. The standard InChI is InChI=1S/C8H17NO2S/c1-3-6-12(10,11)9-5-4-8(2)7-9/h8H,3-7H2,1-2H3. The largest absolute Gasteiger partial charge is 0.214 e. The molecule has 0 spiro atoms. The maximum absolute atomic E-state index is 11.5. The quantitative estimate of drug-likeness (QED) is 0.669. The SMILES string of the molecule is CCCS(=O)(=O)N1CCC(C)C1. The molecule has 1 rings (SSSR count). The highest BCUT2D eigenvalue weighted by Crippen LogP contribution is 2.18. The van der Waals surface area contributed by atoms with Gasteiger partial charge in [0.05, 0.1) is 5.75 Å². The Morgan fingerprint density at radius 1 is 1.50 bits per heavy atom. The van der Waals surface area contributed by atoms with E-state index in [0.29, 0.717) is 18.1 Å². The van der Waals surface area contributed by atoms with Gasteiger partial charge in [-0.15, -0.1) is 0 Å². The van der Waals surface area contributed by atoms with Gasteiger partial charge in [-0.2, -0.15) is 0 Å². The highest BCUT2D eigenvalue weighted by molar-refractivity contribution is 7.89. The first-order chi connectivity index (χ1) is 5.56. The lowest BCUT2D eigenvalue weighted by Crippen LogP contribution is -2.30. The minimum atomic E-state index is -2.91. The Labute approximate surface area is 74.8 Å². The molecule has 0 N–H and O–H groups in total. The lowest BCUT2D eigenvalue weighted by molar-refractivity contribution is 0.464. The normalized spacial score (nSPS) is 26.3. The van der Waals surface area contributed by atoms with Gasteiger partial charge in [-0.3, -0.25) is 0 Å². The average Bonchev–Trinajstić information content (AvgIpc) is 2.36. The summed E-state index contributed by atoms with van der Waals surface area (Å²) in [5.74, 6) is 0.844. The monoisotopic (exact) mass is 191 g/mol. The fourth-order valence-corrected chi connectivity index (χ4v) is 3.17. The van der Waals surface area contributed by atoms with E-state index >= 15 is 0 Å². The maximum Gasteiger partial charge on any atom is 0.214 e. The molecule has 12 heavy (non-hydrogen) atoms. The second-order valence-electron chi connectivity index (χ2n) is 3.57. The molecule has 1 atom stereocenters. The molecule has 0 aromatic heterocycles. The van der Waals surface area contributed by atoms with E-state index in [-0.39, 0.29) is 0 Å². The fraction of sp³-hybridized carbons (Fsp3) is 1.00. The Kier molecular flexibility index (Phi) is 3.12. The first-order valence-corrected chi connectivity index (χ1v) is 6.15. The molecule has 1 heterocycles. The van der Waals surface area contributed by atoms with Gasteiger partial charge < -0.3 is 0 Å². The van der Waals surface area contributed by atoms with E-state index in [9.17, 15) is 8.42 Å². The Morgan fingerprint density at radius 3 is 2.58 bits per heavy atom. The topological polar surface area (TPSA) is 37.4 Å². The molecule has 3 nitrogen and oxygen atoms in total. The second kappa shape index (κ2) is 3.75. The van der Waals surface area contributed by atoms with Crippen LogP contribution >= 0.6 is 0 Å². The van der Waals surface area contributed by atoms with E-state index in [1.54, 1.807) is 4.31 Å². The minimum absolute atomic E-state index is 0.305. The number of hydrogen-bond acceptors (Lipinski definition) is 2. The highest BCUT2D eigenvalue weighted by Gasteiger charge is 2.27. The summed E-state index contributed by atoms with van der Waals surface area (Å²) in [6.07, 6.45) is 1.73. The first-order valence-electron chi connectivity index (χ1n) is 4.54. The van der Waals surface area contributed by atoms with E-state index in [1.807, 2.05) is 6.92 Å². The number of sulfonamides is 1. The van der Waals surface area contributed by atoms with Crippen LogP contribution in [0.3, 0.4) is 0 Å². The number of rotatable bonds is 3. The Hall–Kier alpha value is -0.0900. The van der Waals surface area contributed by atoms with Crippen LogP contribution in [-0.4, -0.2) is 31.6 Å². The predicted molar refractivity (Wildman–Crippen MR) is 49.4 cm³/mol. The van der Waals surface area contributed by atoms with Crippen LogP contribution in [-0.2, 0) is 10.0 Å². The van der Waals surface area contributed by atoms with Crippen LogP contribution in [0.5, 0.6) is 0 Å². The van der Waals surface area contributed by atoms with Gasteiger partial charge in [-0.05, 0) is 18.8 Å². The van der Waals surface area contributed by atoms with Gasteiger partial charge >= 0.3 is 0 Å². The Bertz CT molecular complexity index is 235. The number of hydrogen-bond donors (Lipinski definition) is 0. The third-order valence-electron chi connectivity index (χ3n) is 2.24. The zero-order valence-electron chi connectivity index (χ0n) is 7.78. The molecule has 1 fully saturated rings. The smallest absolute Gasteiger partial charge is 0.212 e. The van der Waals surface area contributed by atoms with Crippen LogP contribution in [0.15, 0.2) is 0 Å². The van der Waals surface area contributed by atoms with Crippen molar-refractivity contribution in [3.63, 3.8) is 0 Å². The summed E-state index contributed by atoms with van der Waals surface area (Å²) in [7, 11) is -2.91. The molecule has 0 aromatic rings. The van der Waals surface area contributed by atoms with Crippen LogP contribution in [0.1, 0.15) is 26.7 Å². The van der Waals surface area contributed by atoms with Crippen molar-refractivity contribution in [1.29, 1.82) is 0 Å². The summed E-state index contributed by atoms with van der Waals surface area (Å²) in [5.41, 5.74) is 0. The van der Waals surface area contributed by atoms with E-state index in [1.165, 1.54) is 0 Å².